The summed E-state index contributed by atoms with van der Waals surface area (Å²) < 4.78 is 23.3. The van der Waals surface area contributed by atoms with Crippen molar-refractivity contribution in [1.82, 2.24) is 0 Å². The van der Waals surface area contributed by atoms with Crippen LogP contribution < -0.4 is 5.73 Å². The van der Waals surface area contributed by atoms with Crippen LogP contribution in [-0.2, 0) is 28.5 Å². The number of cyclic esters (lactones) is 1. The van der Waals surface area contributed by atoms with Crippen LogP contribution in [0.15, 0.2) is 96.9 Å². The number of aliphatic carboxylic acids is 1. The number of hydrogen-bond donors (Lipinski definition) is 11. The number of esters is 1. The molecule has 3 heterocycles. The van der Waals surface area contributed by atoms with Gasteiger partial charge in [-0.1, -0.05) is 98.9 Å². The van der Waals surface area contributed by atoms with Crippen molar-refractivity contribution in [3.8, 4) is 0 Å². The van der Waals surface area contributed by atoms with Crippen LogP contribution >= 0.6 is 0 Å². The van der Waals surface area contributed by atoms with E-state index in [0.717, 1.165) is 6.08 Å². The average Bonchev–Trinajstić information content (AvgIpc) is 3.22. The highest BCUT2D eigenvalue weighted by Gasteiger charge is 2.44. The van der Waals surface area contributed by atoms with E-state index in [1.54, 1.807) is 75.5 Å². The highest BCUT2D eigenvalue weighted by molar-refractivity contribution is 5.72. The quantitative estimate of drug-likeness (QED) is 0.179. The Kier molecular flexibility index (Phi) is 23.5. The number of allylic oxidation sites excluding steroid dienone is 12. The molecule has 0 aliphatic carbocycles. The summed E-state index contributed by atoms with van der Waals surface area (Å²) in [7, 11) is 0. The highest BCUT2D eigenvalue weighted by Crippen LogP contribution is 2.32. The highest BCUT2D eigenvalue weighted by atomic mass is 16.7. The van der Waals surface area contributed by atoms with E-state index in [2.05, 4.69) is 0 Å². The zero-order chi connectivity index (χ0) is 47.5. The first-order valence-corrected chi connectivity index (χ1v) is 22.0. The first kappa shape index (κ1) is 54.5. The number of rotatable bonds is 3. The van der Waals surface area contributed by atoms with Gasteiger partial charge in [0.2, 0.25) is 0 Å². The Balaban J connectivity index is 1.84. The molecule has 0 aromatic rings. The van der Waals surface area contributed by atoms with Crippen LogP contribution in [0.25, 0.3) is 0 Å². The van der Waals surface area contributed by atoms with Gasteiger partial charge in [-0.05, 0) is 39.2 Å². The Morgan fingerprint density at radius 1 is 0.641 bits per heavy atom. The fourth-order valence-electron chi connectivity index (χ4n) is 7.52. The van der Waals surface area contributed by atoms with Crippen LogP contribution in [0, 0.1) is 17.8 Å². The number of carboxylic acid groups (broad SMARTS) is 1. The van der Waals surface area contributed by atoms with Gasteiger partial charge in [0.15, 0.2) is 6.29 Å². The summed E-state index contributed by atoms with van der Waals surface area (Å²) in [5.41, 5.74) is 6.03. The molecule has 360 valence electrons. The summed E-state index contributed by atoms with van der Waals surface area (Å²) in [5.74, 6) is -4.27. The van der Waals surface area contributed by atoms with Gasteiger partial charge in [-0.15, -0.1) is 0 Å². The fraction of sp³-hybridized carbons (Fsp3) is 0.617. The molecule has 1 fully saturated rings. The van der Waals surface area contributed by atoms with Crippen LogP contribution in [0.5, 0.6) is 0 Å². The molecule has 3 aliphatic rings. The zero-order valence-electron chi connectivity index (χ0n) is 37.0. The molecule has 0 spiro atoms. The van der Waals surface area contributed by atoms with E-state index in [9.17, 15) is 60.7 Å². The van der Waals surface area contributed by atoms with Gasteiger partial charge in [0.05, 0.1) is 79.3 Å². The third-order valence-corrected chi connectivity index (χ3v) is 11.6. The van der Waals surface area contributed by atoms with Crippen LogP contribution in [-0.4, -0.2) is 155 Å². The van der Waals surface area contributed by atoms with Gasteiger partial charge in [0.25, 0.3) is 0 Å². The molecule has 64 heavy (non-hydrogen) atoms. The molecule has 12 N–H and O–H groups in total. The van der Waals surface area contributed by atoms with Crippen molar-refractivity contribution < 1.29 is 79.6 Å². The molecule has 3 aliphatic heterocycles. The number of aliphatic hydroxyl groups is 9. The number of fused-ring (bicyclic) bond motifs is 2. The second-order valence-electron chi connectivity index (χ2n) is 17.0. The van der Waals surface area contributed by atoms with Gasteiger partial charge in [0, 0.05) is 31.1 Å². The molecule has 0 saturated carbocycles. The monoisotopic (exact) mass is 905 g/mol. The lowest BCUT2D eigenvalue weighted by Crippen LogP contribution is -2.61. The number of carbonyl (C=O) groups is 2. The number of ether oxygens (including phenoxy) is 4. The number of hydrogen-bond acceptors (Lipinski definition) is 16. The van der Waals surface area contributed by atoms with Crippen molar-refractivity contribution >= 4 is 11.9 Å². The smallest absolute Gasteiger partial charge is 0.313 e. The first-order chi connectivity index (χ1) is 30.3. The summed E-state index contributed by atoms with van der Waals surface area (Å²) in [5, 5.41) is 106. The number of nitrogens with two attached hydrogens (primary N) is 1. The molecular formula is C47H71NO16. The van der Waals surface area contributed by atoms with Gasteiger partial charge >= 0.3 is 11.9 Å². The van der Waals surface area contributed by atoms with Crippen LogP contribution in [0.4, 0.5) is 0 Å². The normalized spacial score (nSPS) is 40.0. The second-order valence-corrected chi connectivity index (χ2v) is 17.0. The Labute approximate surface area is 375 Å². The van der Waals surface area contributed by atoms with Crippen molar-refractivity contribution in [3.63, 3.8) is 0 Å². The number of carbonyl (C=O) groups excluding carboxylic acids is 1. The van der Waals surface area contributed by atoms with E-state index in [0.29, 0.717) is 0 Å². The van der Waals surface area contributed by atoms with Gasteiger partial charge in [0.1, 0.15) is 24.2 Å². The summed E-state index contributed by atoms with van der Waals surface area (Å²) in [6.07, 6.45) is 7.39. The Hall–Kier alpha value is -3.82. The molecule has 0 unspecified atom stereocenters. The summed E-state index contributed by atoms with van der Waals surface area (Å²) >= 11 is 0. The van der Waals surface area contributed by atoms with Crippen LogP contribution in [0.1, 0.15) is 72.6 Å². The summed E-state index contributed by atoms with van der Waals surface area (Å²) in [6.45, 7) is 6.79. The van der Waals surface area contributed by atoms with E-state index < -0.39 is 122 Å². The van der Waals surface area contributed by atoms with Crippen molar-refractivity contribution in [2.45, 2.75) is 164 Å². The van der Waals surface area contributed by atoms with Crippen LogP contribution in [0.2, 0.25) is 0 Å². The van der Waals surface area contributed by atoms with Crippen molar-refractivity contribution in [3.05, 3.63) is 96.9 Å². The topological polar surface area (TPSA) is 299 Å². The lowest BCUT2D eigenvalue weighted by Gasteiger charge is -2.41. The zero-order valence-corrected chi connectivity index (χ0v) is 37.0. The van der Waals surface area contributed by atoms with Crippen molar-refractivity contribution in [2.75, 3.05) is 0 Å². The summed E-state index contributed by atoms with van der Waals surface area (Å²) in [4.78, 5) is 25.0. The summed E-state index contributed by atoms with van der Waals surface area (Å²) in [6, 6.07) is -1.11. The maximum Gasteiger partial charge on any atom is 0.313 e. The van der Waals surface area contributed by atoms with E-state index in [-0.39, 0.29) is 50.2 Å². The van der Waals surface area contributed by atoms with Gasteiger partial charge in [-0.25, -0.2) is 0 Å². The minimum atomic E-state index is -1.56. The van der Waals surface area contributed by atoms with E-state index in [1.165, 1.54) is 0 Å². The maximum absolute atomic E-state index is 12.6. The third-order valence-electron chi connectivity index (χ3n) is 11.6. The standard InChI is InChI=1S/C47H71NO16/c1-27-17-15-13-11-9-7-5-6-8-10-12-14-16-18-34(64-47-45(58)42(48)44(57)30(4)62-47)26-39-41(46(59)60)38(54)25-35(63-39)22-33(51)23-37(53)36(52)20-19-31(49)21-32(50)24-40(55)61-29(3)28(2)43(27)56/h5-18,25,27-34,36-39,41-45,47,49-54,56-58H,19-24,26,48H2,1-4H3,(H,59,60)/t27-,28-,29-,30+,31+,32+,33+,34-,36+,37+,38-,39-,41+,42-,43+,44+,45-,47-/m0/s1. The Morgan fingerprint density at radius 3 is 1.80 bits per heavy atom. The first-order valence-electron chi connectivity index (χ1n) is 22.0. The lowest BCUT2D eigenvalue weighted by atomic mass is 9.88. The molecule has 17 nitrogen and oxygen atoms in total. The SMILES string of the molecule is C[C@@H]1[C@H](O)[C@@H](C)C=CC=CC=CC=CC=CC=CC=C[C@H](O[C@@H]2O[C@H](C)[C@@H](O)[C@H](N)[C@@H]2O)C[C@@H]2OC(=C[C@H](O)[C@H]2C(=O)O)C[C@@H](O)C[C@@H](O)[C@H](O)CC[C@@H](O)C[C@@H](O)CC(=O)O[C@H]1C. The molecule has 2 bridgehead atoms. The number of carboxylic acids is 1. The Morgan fingerprint density at radius 2 is 1.20 bits per heavy atom. The van der Waals surface area contributed by atoms with E-state index in [1.807, 2.05) is 37.3 Å². The molecule has 0 aromatic heterocycles. The fourth-order valence-corrected chi connectivity index (χ4v) is 7.52. The van der Waals surface area contributed by atoms with Crippen LogP contribution in [0.3, 0.4) is 0 Å². The molecule has 1 saturated heterocycles. The Bertz CT molecular complexity index is 1670. The molecular weight excluding hydrogens is 835 g/mol. The third kappa shape index (κ3) is 18.2. The minimum Gasteiger partial charge on any atom is -0.494 e. The van der Waals surface area contributed by atoms with E-state index >= 15 is 0 Å². The molecule has 0 amide bonds. The van der Waals surface area contributed by atoms with Crippen molar-refractivity contribution in [2.24, 2.45) is 23.5 Å². The predicted molar refractivity (Wildman–Crippen MR) is 236 cm³/mol. The largest absolute Gasteiger partial charge is 0.494 e. The molecule has 0 aromatic carbocycles. The second kappa shape index (κ2) is 27.6. The molecule has 17 heteroatoms. The molecule has 0 radical (unpaired) electrons. The molecule has 18 atom stereocenters. The van der Waals surface area contributed by atoms with Crippen molar-refractivity contribution in [1.29, 1.82) is 0 Å². The lowest BCUT2D eigenvalue weighted by molar-refractivity contribution is -0.277. The maximum atomic E-state index is 12.6. The molecule has 3 rings (SSSR count). The average molecular weight is 906 g/mol. The van der Waals surface area contributed by atoms with E-state index in [4.69, 9.17) is 24.7 Å². The predicted octanol–water partition coefficient (Wildman–Crippen LogP) is 1.52. The number of aliphatic hydroxyl groups excluding tert-OH is 9. The van der Waals surface area contributed by atoms with Gasteiger partial charge < -0.3 is 75.7 Å². The van der Waals surface area contributed by atoms with Gasteiger partial charge in [-0.3, -0.25) is 9.59 Å². The minimum absolute atomic E-state index is 0.0150. The van der Waals surface area contributed by atoms with Gasteiger partial charge in [-0.2, -0.15) is 0 Å².